The first-order valence-corrected chi connectivity index (χ1v) is 10.4. The fourth-order valence-electron chi connectivity index (χ4n) is 3.04. The SMILES string of the molecule is CCNC(=O)Oc1noc(-c2cc(Cl)c(O)cc2O)c1NC(=O)c1cc(OC)c(OC)c(OC)c1. The van der Waals surface area contributed by atoms with Crippen LogP contribution >= 0.6 is 11.6 Å². The van der Waals surface area contributed by atoms with Crippen molar-refractivity contribution in [2.24, 2.45) is 0 Å². The van der Waals surface area contributed by atoms with Gasteiger partial charge in [-0.2, -0.15) is 0 Å². The molecule has 0 fully saturated rings. The summed E-state index contributed by atoms with van der Waals surface area (Å²) in [5.41, 5.74) is -0.137. The van der Waals surface area contributed by atoms with Gasteiger partial charge in [-0.3, -0.25) is 4.79 Å². The Labute approximate surface area is 204 Å². The van der Waals surface area contributed by atoms with Crippen LogP contribution in [-0.2, 0) is 0 Å². The molecule has 3 aromatic rings. The Kier molecular flexibility index (Phi) is 7.76. The molecule has 3 rings (SSSR count). The number of benzene rings is 2. The Hall–Kier alpha value is -4.32. The Morgan fingerprint density at radius 2 is 1.69 bits per heavy atom. The lowest BCUT2D eigenvalue weighted by Crippen LogP contribution is -2.26. The van der Waals surface area contributed by atoms with E-state index in [4.69, 9.17) is 35.1 Å². The van der Waals surface area contributed by atoms with Gasteiger partial charge in [-0.1, -0.05) is 11.6 Å². The van der Waals surface area contributed by atoms with Gasteiger partial charge in [0.05, 0.1) is 31.9 Å². The number of phenolic OH excluding ortho intramolecular Hbond substituents is 2. The molecule has 0 aliphatic rings. The van der Waals surface area contributed by atoms with E-state index in [0.29, 0.717) is 0 Å². The molecule has 0 unspecified atom stereocenters. The summed E-state index contributed by atoms with van der Waals surface area (Å²) in [5.74, 6) is -1.36. The zero-order chi connectivity index (χ0) is 25.7. The van der Waals surface area contributed by atoms with Crippen LogP contribution in [0.15, 0.2) is 28.8 Å². The molecule has 0 aliphatic heterocycles. The monoisotopic (exact) mass is 507 g/mol. The average Bonchev–Trinajstić information content (AvgIpc) is 3.21. The number of carbonyl (C=O) groups is 2. The topological polar surface area (TPSA) is 162 Å². The third-order valence-corrected chi connectivity index (χ3v) is 4.95. The average molecular weight is 508 g/mol. The van der Waals surface area contributed by atoms with Crippen LogP contribution in [0.1, 0.15) is 17.3 Å². The van der Waals surface area contributed by atoms with Crippen LogP contribution in [0.5, 0.6) is 34.6 Å². The lowest BCUT2D eigenvalue weighted by molar-refractivity contribution is 0.102. The highest BCUT2D eigenvalue weighted by molar-refractivity contribution is 6.32. The summed E-state index contributed by atoms with van der Waals surface area (Å²) in [6, 6.07) is 4.99. The predicted octanol–water partition coefficient (Wildman–Crippen LogP) is 3.79. The van der Waals surface area contributed by atoms with Crippen molar-refractivity contribution in [2.45, 2.75) is 6.92 Å². The van der Waals surface area contributed by atoms with Crippen LogP contribution in [0.25, 0.3) is 11.3 Å². The number of halogens is 1. The number of aromatic hydroxyl groups is 2. The van der Waals surface area contributed by atoms with Crippen LogP contribution in [0.3, 0.4) is 0 Å². The first-order chi connectivity index (χ1) is 16.7. The number of anilines is 1. The molecule has 1 aromatic heterocycles. The second-order valence-corrected chi connectivity index (χ2v) is 7.21. The van der Waals surface area contributed by atoms with Crippen LogP contribution in [0, 0.1) is 0 Å². The van der Waals surface area contributed by atoms with E-state index in [1.54, 1.807) is 6.92 Å². The van der Waals surface area contributed by atoms with E-state index in [2.05, 4.69) is 15.8 Å². The van der Waals surface area contributed by atoms with Gasteiger partial charge in [0.1, 0.15) is 11.5 Å². The summed E-state index contributed by atoms with van der Waals surface area (Å²) in [6.45, 7) is 1.95. The number of nitrogens with zero attached hydrogens (tertiary/aromatic N) is 1. The molecule has 2 amide bonds. The molecule has 4 N–H and O–H groups in total. The van der Waals surface area contributed by atoms with Gasteiger partial charge >= 0.3 is 6.09 Å². The van der Waals surface area contributed by atoms with E-state index >= 15 is 0 Å². The maximum atomic E-state index is 13.2. The van der Waals surface area contributed by atoms with Crippen molar-refractivity contribution in [1.29, 1.82) is 0 Å². The number of aromatic nitrogens is 1. The molecule has 12 nitrogen and oxygen atoms in total. The second-order valence-electron chi connectivity index (χ2n) is 6.80. The van der Waals surface area contributed by atoms with Gasteiger partial charge in [-0.25, -0.2) is 4.79 Å². The Bertz CT molecular complexity index is 1230. The van der Waals surface area contributed by atoms with Gasteiger partial charge in [0.2, 0.25) is 5.75 Å². The molecule has 1 heterocycles. The third-order valence-electron chi connectivity index (χ3n) is 4.65. The molecule has 0 saturated heterocycles. The number of hydrogen-bond acceptors (Lipinski definition) is 10. The molecule has 13 heteroatoms. The number of methoxy groups -OCH3 is 3. The summed E-state index contributed by atoms with van der Waals surface area (Å²) < 4.78 is 26.2. The minimum atomic E-state index is -0.858. The largest absolute Gasteiger partial charge is 0.507 e. The van der Waals surface area contributed by atoms with Crippen LogP contribution in [0.2, 0.25) is 5.02 Å². The summed E-state index contributed by atoms with van der Waals surface area (Å²) >= 11 is 5.97. The fraction of sp³-hybridized carbons (Fsp3) is 0.227. The molecular weight excluding hydrogens is 486 g/mol. The van der Waals surface area contributed by atoms with Gasteiger partial charge in [-0.05, 0) is 30.3 Å². The second kappa shape index (κ2) is 10.7. The van der Waals surface area contributed by atoms with E-state index in [0.717, 1.165) is 6.07 Å². The number of ether oxygens (including phenoxy) is 4. The summed E-state index contributed by atoms with van der Waals surface area (Å²) in [5, 5.41) is 28.6. The molecule has 0 radical (unpaired) electrons. The number of carbonyl (C=O) groups excluding carboxylic acids is 2. The van der Waals surface area contributed by atoms with Gasteiger partial charge in [0, 0.05) is 18.2 Å². The molecule has 0 spiro atoms. The molecule has 0 atom stereocenters. The van der Waals surface area contributed by atoms with Gasteiger partial charge in [0.15, 0.2) is 22.9 Å². The quantitative estimate of drug-likeness (QED) is 0.353. The highest BCUT2D eigenvalue weighted by Gasteiger charge is 2.27. The fourth-order valence-corrected chi connectivity index (χ4v) is 3.20. The first kappa shape index (κ1) is 25.3. The molecule has 35 heavy (non-hydrogen) atoms. The van der Waals surface area contributed by atoms with E-state index < -0.39 is 23.6 Å². The normalized spacial score (nSPS) is 10.4. The van der Waals surface area contributed by atoms with E-state index in [-0.39, 0.29) is 57.1 Å². The third kappa shape index (κ3) is 5.27. The van der Waals surface area contributed by atoms with Crippen molar-refractivity contribution in [3.05, 3.63) is 34.9 Å². The Balaban J connectivity index is 2.09. The minimum absolute atomic E-state index is 0.0359. The van der Waals surface area contributed by atoms with Gasteiger partial charge in [-0.15, -0.1) is 0 Å². The van der Waals surface area contributed by atoms with Crippen LogP contribution in [-0.4, -0.2) is 55.2 Å². The Morgan fingerprint density at radius 3 is 2.26 bits per heavy atom. The van der Waals surface area contributed by atoms with Gasteiger partial charge in [0.25, 0.3) is 11.8 Å². The number of nitrogens with one attached hydrogen (secondary N) is 2. The highest BCUT2D eigenvalue weighted by atomic mass is 35.5. The van der Waals surface area contributed by atoms with Crippen molar-refractivity contribution in [3.63, 3.8) is 0 Å². The van der Waals surface area contributed by atoms with Gasteiger partial charge < -0.3 is 44.3 Å². The maximum Gasteiger partial charge on any atom is 0.414 e. The van der Waals surface area contributed by atoms with E-state index in [1.807, 2.05) is 0 Å². The summed E-state index contributed by atoms with van der Waals surface area (Å²) in [6.07, 6.45) is -0.858. The van der Waals surface area contributed by atoms with Crippen molar-refractivity contribution >= 4 is 29.3 Å². The van der Waals surface area contributed by atoms with Crippen molar-refractivity contribution in [3.8, 4) is 46.0 Å². The molecule has 186 valence electrons. The van der Waals surface area contributed by atoms with Crippen molar-refractivity contribution in [2.75, 3.05) is 33.2 Å². The van der Waals surface area contributed by atoms with Crippen LogP contribution in [0.4, 0.5) is 10.5 Å². The molecule has 0 saturated carbocycles. The van der Waals surface area contributed by atoms with E-state index in [1.165, 1.54) is 39.5 Å². The van der Waals surface area contributed by atoms with E-state index in [9.17, 15) is 19.8 Å². The number of rotatable bonds is 8. The van der Waals surface area contributed by atoms with Crippen LogP contribution < -0.4 is 29.6 Å². The predicted molar refractivity (Wildman–Crippen MR) is 124 cm³/mol. The van der Waals surface area contributed by atoms with Crippen molar-refractivity contribution < 1.29 is 43.3 Å². The molecule has 0 aliphatic carbocycles. The van der Waals surface area contributed by atoms with Crippen molar-refractivity contribution in [1.82, 2.24) is 10.5 Å². The molecular formula is C22H22ClN3O9. The smallest absolute Gasteiger partial charge is 0.414 e. The summed E-state index contributed by atoms with van der Waals surface area (Å²) in [4.78, 5) is 25.2. The number of amides is 2. The lowest BCUT2D eigenvalue weighted by atomic mass is 10.1. The standard InChI is InChI=1S/C22H22ClN3O9/c1-5-24-22(30)34-21-17(18(35-26-21)11-8-12(23)14(28)9-13(11)27)25-20(29)10-6-15(31-2)19(33-4)16(7-10)32-3/h6-9,27-28H,5H2,1-4H3,(H,24,30)(H,25,29). The molecule has 0 bridgehead atoms. The summed E-state index contributed by atoms with van der Waals surface area (Å²) in [7, 11) is 4.21. The molecule has 2 aromatic carbocycles. The zero-order valence-corrected chi connectivity index (χ0v) is 19.8. The lowest BCUT2D eigenvalue weighted by Gasteiger charge is -2.14. The first-order valence-electron chi connectivity index (χ1n) is 10.0. The number of phenols is 2. The zero-order valence-electron chi connectivity index (χ0n) is 19.1. The number of hydrogen-bond donors (Lipinski definition) is 4. The minimum Gasteiger partial charge on any atom is -0.507 e. The maximum absolute atomic E-state index is 13.2. The Morgan fingerprint density at radius 1 is 1.03 bits per heavy atom. The highest BCUT2D eigenvalue weighted by Crippen LogP contribution is 2.44.